The lowest BCUT2D eigenvalue weighted by atomic mass is 9.94. The van der Waals surface area contributed by atoms with Crippen LogP contribution in [0.5, 0.6) is 0 Å². The Morgan fingerprint density at radius 1 is 0.586 bits per heavy atom. The van der Waals surface area contributed by atoms with Gasteiger partial charge in [-0.25, -0.2) is 0 Å². The Hall–Kier alpha value is -2.16. The van der Waals surface area contributed by atoms with Crippen molar-refractivity contribution in [3.63, 3.8) is 0 Å². The molecule has 0 radical (unpaired) electrons. The van der Waals surface area contributed by atoms with Gasteiger partial charge in [0, 0.05) is 31.9 Å². The predicted molar refractivity (Wildman–Crippen MR) is 125 cm³/mol. The quantitative estimate of drug-likeness (QED) is 0.257. The van der Waals surface area contributed by atoms with Crippen LogP contribution in [0.15, 0.2) is 77.2 Å². The molecule has 0 aliphatic heterocycles. The van der Waals surface area contributed by atoms with Crippen molar-refractivity contribution in [1.29, 1.82) is 0 Å². The first-order valence-electron chi connectivity index (χ1n) is 8.88. The second-order valence-electron chi connectivity index (χ2n) is 6.70. The smallest absolute Gasteiger partial charge is 0.155 e. The number of hydrogen-bond donors (Lipinski definition) is 0. The van der Waals surface area contributed by atoms with Crippen LogP contribution in [0.3, 0.4) is 0 Å². The Balaban J connectivity index is 1.99. The molecule has 1 heterocycles. The van der Waals surface area contributed by atoms with Gasteiger partial charge in [0.05, 0.1) is 10.0 Å². The van der Waals surface area contributed by atoms with Crippen molar-refractivity contribution in [2.75, 3.05) is 0 Å². The van der Waals surface area contributed by atoms with Crippen molar-refractivity contribution >= 4 is 68.3 Å². The lowest BCUT2D eigenvalue weighted by Gasteiger charge is -2.14. The molecule has 5 rings (SSSR count). The molecular weight excluding hydrogens is 446 g/mol. The summed E-state index contributed by atoms with van der Waals surface area (Å²) in [4.78, 5) is 0. The fourth-order valence-corrected chi connectivity index (χ4v) is 4.75. The number of benzene rings is 4. The molecule has 0 N–H and O–H groups in total. The van der Waals surface area contributed by atoms with Crippen LogP contribution in [-0.2, 0) is 0 Å². The zero-order valence-corrected chi connectivity index (χ0v) is 17.9. The van der Waals surface area contributed by atoms with Crippen LogP contribution in [0, 0.1) is 0 Å². The van der Waals surface area contributed by atoms with Gasteiger partial charge in [0.15, 0.2) is 5.58 Å². The Morgan fingerprint density at radius 3 is 1.97 bits per heavy atom. The number of furan rings is 1. The highest BCUT2D eigenvalue weighted by atomic mass is 35.5. The van der Waals surface area contributed by atoms with Crippen molar-refractivity contribution in [2.24, 2.45) is 0 Å². The zero-order chi connectivity index (χ0) is 20.1. The number of rotatable bonds is 2. The molecule has 1 nitrogen and oxygen atoms in total. The molecule has 0 fully saturated rings. The highest BCUT2D eigenvalue weighted by Gasteiger charge is 2.24. The van der Waals surface area contributed by atoms with E-state index >= 15 is 0 Å². The SMILES string of the molecule is Clc1ccc(-c2c(Cl)c(-c3ccccc3)c(Cl)c3oc4ccc(Cl)cc4c23)cc1. The summed E-state index contributed by atoms with van der Waals surface area (Å²) in [7, 11) is 0. The molecule has 0 aliphatic rings. The molecule has 0 aliphatic carbocycles. The van der Waals surface area contributed by atoms with Gasteiger partial charge in [-0.3, -0.25) is 0 Å². The molecule has 1 aromatic heterocycles. The maximum Gasteiger partial charge on any atom is 0.155 e. The normalized spacial score (nSPS) is 11.4. The predicted octanol–water partition coefficient (Wildman–Crippen LogP) is 9.53. The lowest BCUT2D eigenvalue weighted by Crippen LogP contribution is -1.89. The summed E-state index contributed by atoms with van der Waals surface area (Å²) < 4.78 is 6.17. The topological polar surface area (TPSA) is 13.1 Å². The van der Waals surface area contributed by atoms with Crippen LogP contribution in [0.1, 0.15) is 0 Å². The van der Waals surface area contributed by atoms with Gasteiger partial charge in [-0.05, 0) is 41.5 Å². The third kappa shape index (κ3) is 3.10. The Labute approximate surface area is 187 Å². The maximum absolute atomic E-state index is 7.01. The van der Waals surface area contributed by atoms with Gasteiger partial charge in [0.2, 0.25) is 0 Å². The van der Waals surface area contributed by atoms with E-state index in [2.05, 4.69) is 0 Å². The van der Waals surface area contributed by atoms with E-state index in [1.807, 2.05) is 66.7 Å². The summed E-state index contributed by atoms with van der Waals surface area (Å²) in [6, 6.07) is 22.9. The average Bonchev–Trinajstić information content (AvgIpc) is 3.09. The monoisotopic (exact) mass is 456 g/mol. The lowest BCUT2D eigenvalue weighted by molar-refractivity contribution is 0.669. The molecule has 0 saturated carbocycles. The molecular formula is C24H12Cl4O. The zero-order valence-electron chi connectivity index (χ0n) is 14.8. The summed E-state index contributed by atoms with van der Waals surface area (Å²) in [5.41, 5.74) is 4.68. The molecule has 5 aromatic rings. The first-order chi connectivity index (χ1) is 14.0. The van der Waals surface area contributed by atoms with Crippen molar-refractivity contribution < 1.29 is 4.42 Å². The van der Waals surface area contributed by atoms with Crippen molar-refractivity contribution in [3.05, 3.63) is 92.9 Å². The van der Waals surface area contributed by atoms with Crippen LogP contribution in [0.2, 0.25) is 20.1 Å². The van der Waals surface area contributed by atoms with Crippen LogP contribution in [0.25, 0.3) is 44.2 Å². The molecule has 0 spiro atoms. The second-order valence-corrected chi connectivity index (χ2v) is 8.33. The Morgan fingerprint density at radius 2 is 1.24 bits per heavy atom. The van der Waals surface area contributed by atoms with E-state index in [0.29, 0.717) is 31.3 Å². The largest absolute Gasteiger partial charge is 0.454 e. The van der Waals surface area contributed by atoms with E-state index in [1.165, 1.54) is 0 Å². The van der Waals surface area contributed by atoms with Gasteiger partial charge in [-0.1, -0.05) is 88.9 Å². The van der Waals surface area contributed by atoms with Crippen molar-refractivity contribution in [2.45, 2.75) is 0 Å². The molecule has 5 heteroatoms. The summed E-state index contributed by atoms with van der Waals surface area (Å²) in [6.45, 7) is 0. The van der Waals surface area contributed by atoms with Gasteiger partial charge in [0.1, 0.15) is 5.58 Å². The second kappa shape index (κ2) is 7.27. The van der Waals surface area contributed by atoms with Gasteiger partial charge in [-0.2, -0.15) is 0 Å². The summed E-state index contributed by atoms with van der Waals surface area (Å²) in [5.74, 6) is 0. The molecule has 142 valence electrons. The van der Waals surface area contributed by atoms with Crippen LogP contribution in [-0.4, -0.2) is 0 Å². The average molecular weight is 458 g/mol. The van der Waals surface area contributed by atoms with E-state index in [9.17, 15) is 0 Å². The third-order valence-electron chi connectivity index (χ3n) is 4.95. The van der Waals surface area contributed by atoms with Gasteiger partial charge in [0.25, 0.3) is 0 Å². The van der Waals surface area contributed by atoms with Crippen molar-refractivity contribution in [3.8, 4) is 22.3 Å². The Kier molecular flexibility index (Phi) is 4.72. The van der Waals surface area contributed by atoms with Crippen molar-refractivity contribution in [1.82, 2.24) is 0 Å². The molecule has 0 bridgehead atoms. The minimum atomic E-state index is 0.473. The third-order valence-corrected chi connectivity index (χ3v) is 6.18. The number of halogens is 4. The maximum atomic E-state index is 7.01. The summed E-state index contributed by atoms with van der Waals surface area (Å²) in [6.07, 6.45) is 0. The van der Waals surface area contributed by atoms with E-state index in [4.69, 9.17) is 50.8 Å². The summed E-state index contributed by atoms with van der Waals surface area (Å²) >= 11 is 26.2. The molecule has 0 atom stereocenters. The van der Waals surface area contributed by atoms with Crippen LogP contribution in [0.4, 0.5) is 0 Å². The minimum absolute atomic E-state index is 0.473. The molecule has 4 aromatic carbocycles. The highest BCUT2D eigenvalue weighted by molar-refractivity contribution is 6.46. The fourth-order valence-electron chi connectivity index (χ4n) is 3.66. The summed E-state index contributed by atoms with van der Waals surface area (Å²) in [5, 5.41) is 3.99. The molecule has 0 amide bonds. The highest BCUT2D eigenvalue weighted by Crippen LogP contribution is 2.50. The van der Waals surface area contributed by atoms with Gasteiger partial charge >= 0.3 is 0 Å². The molecule has 0 saturated heterocycles. The standard InChI is InChI=1S/C24H12Cl4O/c25-15-8-6-14(7-9-15)19-21-17-12-16(26)10-11-18(17)29-24(21)23(28)20(22(19)27)13-4-2-1-3-5-13/h1-12H. The van der Waals surface area contributed by atoms with E-state index < -0.39 is 0 Å². The van der Waals surface area contributed by atoms with E-state index in [1.54, 1.807) is 6.07 Å². The van der Waals surface area contributed by atoms with E-state index in [-0.39, 0.29) is 0 Å². The van der Waals surface area contributed by atoms with Crippen LogP contribution < -0.4 is 0 Å². The minimum Gasteiger partial charge on any atom is -0.454 e. The molecule has 29 heavy (non-hydrogen) atoms. The van der Waals surface area contributed by atoms with Gasteiger partial charge in [-0.15, -0.1) is 0 Å². The number of fused-ring (bicyclic) bond motifs is 3. The van der Waals surface area contributed by atoms with Gasteiger partial charge < -0.3 is 4.42 Å². The molecule has 0 unspecified atom stereocenters. The fraction of sp³-hybridized carbons (Fsp3) is 0. The Bertz CT molecular complexity index is 1370. The first kappa shape index (κ1) is 18.8. The number of hydrogen-bond acceptors (Lipinski definition) is 1. The van der Waals surface area contributed by atoms with Crippen LogP contribution >= 0.6 is 46.4 Å². The van der Waals surface area contributed by atoms with E-state index in [0.717, 1.165) is 33.0 Å². The first-order valence-corrected chi connectivity index (χ1v) is 10.4.